The summed E-state index contributed by atoms with van der Waals surface area (Å²) in [6, 6.07) is 7.61. The molecule has 1 aromatic carbocycles. The van der Waals surface area contributed by atoms with Crippen molar-refractivity contribution in [3.63, 3.8) is 0 Å². The fourth-order valence-corrected chi connectivity index (χ4v) is 4.53. The number of aryl methyl sites for hydroxylation is 1. The molecule has 10 heteroatoms. The van der Waals surface area contributed by atoms with Gasteiger partial charge < -0.3 is 14.8 Å². The van der Waals surface area contributed by atoms with Crippen LogP contribution in [0.15, 0.2) is 40.4 Å². The lowest BCUT2D eigenvalue weighted by Gasteiger charge is -2.16. The zero-order valence-electron chi connectivity index (χ0n) is 17.0. The number of hydrogen-bond donors (Lipinski definition) is 1. The predicted octanol–water partition coefficient (Wildman–Crippen LogP) is 1.66. The van der Waals surface area contributed by atoms with E-state index in [2.05, 4.69) is 15.4 Å². The Labute approximate surface area is 177 Å². The summed E-state index contributed by atoms with van der Waals surface area (Å²) in [6.07, 6.45) is 1.22. The molecule has 0 spiro atoms. The third-order valence-electron chi connectivity index (χ3n) is 5.06. The standard InChI is InChI=1S/C20H23N5O4S/c1-12-4-6-13(7-5-12)25-18-15(9-22-25)19(27)24-14(11-30-20(24)23-18)8-16(26)21-10-17(28-2)29-3/h4-7,9,14,17H,8,10-11H2,1-3H3,(H,21,26). The number of aromatic nitrogens is 4. The van der Waals surface area contributed by atoms with E-state index in [1.54, 1.807) is 15.4 Å². The minimum Gasteiger partial charge on any atom is -0.354 e. The molecule has 158 valence electrons. The summed E-state index contributed by atoms with van der Waals surface area (Å²) in [5, 5.41) is 8.19. The molecule has 1 N–H and O–H groups in total. The molecule has 4 rings (SSSR count). The van der Waals surface area contributed by atoms with E-state index < -0.39 is 6.29 Å². The normalized spacial score (nSPS) is 15.7. The van der Waals surface area contributed by atoms with Gasteiger partial charge in [0.05, 0.1) is 24.5 Å². The van der Waals surface area contributed by atoms with E-state index in [1.165, 1.54) is 26.0 Å². The quantitative estimate of drug-likeness (QED) is 0.450. The molecule has 0 bridgehead atoms. The van der Waals surface area contributed by atoms with Gasteiger partial charge in [-0.2, -0.15) is 5.10 Å². The summed E-state index contributed by atoms with van der Waals surface area (Å²) >= 11 is 1.47. The van der Waals surface area contributed by atoms with Gasteiger partial charge in [0.1, 0.15) is 5.39 Å². The minimum atomic E-state index is -0.504. The summed E-state index contributed by atoms with van der Waals surface area (Å²) in [7, 11) is 3.02. The highest BCUT2D eigenvalue weighted by Gasteiger charge is 2.29. The molecule has 1 unspecified atom stereocenters. The lowest BCUT2D eigenvalue weighted by molar-refractivity contribution is -0.128. The van der Waals surface area contributed by atoms with E-state index in [9.17, 15) is 9.59 Å². The zero-order valence-corrected chi connectivity index (χ0v) is 17.8. The molecule has 0 aliphatic carbocycles. The van der Waals surface area contributed by atoms with Gasteiger partial charge in [-0.05, 0) is 19.1 Å². The van der Waals surface area contributed by atoms with E-state index in [4.69, 9.17) is 9.47 Å². The van der Waals surface area contributed by atoms with Crippen LogP contribution in [0.3, 0.4) is 0 Å². The lowest BCUT2D eigenvalue weighted by Crippen LogP contribution is -2.36. The average molecular weight is 430 g/mol. The highest BCUT2D eigenvalue weighted by Crippen LogP contribution is 2.33. The maximum Gasteiger partial charge on any atom is 0.265 e. The molecule has 0 saturated carbocycles. The van der Waals surface area contributed by atoms with E-state index in [0.29, 0.717) is 21.9 Å². The van der Waals surface area contributed by atoms with Crippen molar-refractivity contribution in [3.05, 3.63) is 46.4 Å². The fourth-order valence-electron chi connectivity index (χ4n) is 3.40. The number of thioether (sulfide) groups is 1. The average Bonchev–Trinajstić information content (AvgIpc) is 3.34. The molecule has 3 heterocycles. The van der Waals surface area contributed by atoms with Crippen LogP contribution in [0, 0.1) is 6.92 Å². The zero-order chi connectivity index (χ0) is 21.3. The smallest absolute Gasteiger partial charge is 0.265 e. The van der Waals surface area contributed by atoms with Gasteiger partial charge in [-0.1, -0.05) is 29.5 Å². The number of amides is 1. The first-order valence-electron chi connectivity index (χ1n) is 9.54. The summed E-state index contributed by atoms with van der Waals surface area (Å²) in [5.74, 6) is 0.438. The second-order valence-corrected chi connectivity index (χ2v) is 8.06. The maximum absolute atomic E-state index is 13.2. The topological polar surface area (TPSA) is 100 Å². The van der Waals surface area contributed by atoms with Gasteiger partial charge >= 0.3 is 0 Å². The van der Waals surface area contributed by atoms with Crippen LogP contribution in [-0.4, -0.2) is 58.0 Å². The van der Waals surface area contributed by atoms with Crippen molar-refractivity contribution in [1.29, 1.82) is 0 Å². The van der Waals surface area contributed by atoms with Gasteiger partial charge in [0.2, 0.25) is 5.91 Å². The third-order valence-corrected chi connectivity index (χ3v) is 6.16. The summed E-state index contributed by atoms with van der Waals surface area (Å²) < 4.78 is 13.4. The van der Waals surface area contributed by atoms with Crippen molar-refractivity contribution in [2.45, 2.75) is 30.8 Å². The Bertz CT molecular complexity index is 1120. The van der Waals surface area contributed by atoms with Gasteiger partial charge in [0, 0.05) is 26.4 Å². The van der Waals surface area contributed by atoms with Crippen LogP contribution in [-0.2, 0) is 14.3 Å². The molecule has 30 heavy (non-hydrogen) atoms. The Morgan fingerprint density at radius 2 is 2.03 bits per heavy atom. The van der Waals surface area contributed by atoms with E-state index in [-0.39, 0.29) is 30.5 Å². The van der Waals surface area contributed by atoms with Gasteiger partial charge in [0.25, 0.3) is 5.56 Å². The number of nitrogens with zero attached hydrogens (tertiary/aromatic N) is 4. The van der Waals surface area contributed by atoms with Crippen molar-refractivity contribution >= 4 is 28.7 Å². The third kappa shape index (κ3) is 3.85. The number of methoxy groups -OCH3 is 2. The first kappa shape index (κ1) is 20.6. The van der Waals surface area contributed by atoms with Crippen LogP contribution in [0.5, 0.6) is 0 Å². The monoisotopic (exact) mass is 429 g/mol. The van der Waals surface area contributed by atoms with Crippen molar-refractivity contribution in [3.8, 4) is 5.69 Å². The van der Waals surface area contributed by atoms with Crippen LogP contribution in [0.4, 0.5) is 0 Å². The minimum absolute atomic E-state index is 0.171. The van der Waals surface area contributed by atoms with Crippen LogP contribution >= 0.6 is 11.8 Å². The van der Waals surface area contributed by atoms with Crippen LogP contribution in [0.25, 0.3) is 16.7 Å². The molecule has 1 aliphatic rings. The number of ether oxygens (including phenoxy) is 2. The van der Waals surface area contributed by atoms with Gasteiger partial charge in [-0.3, -0.25) is 14.2 Å². The number of nitrogens with one attached hydrogen (secondary N) is 1. The van der Waals surface area contributed by atoms with Gasteiger partial charge in [-0.15, -0.1) is 0 Å². The molecular formula is C20H23N5O4S. The number of carbonyl (C=O) groups excluding carboxylic acids is 1. The predicted molar refractivity (Wildman–Crippen MR) is 113 cm³/mol. The van der Waals surface area contributed by atoms with E-state index in [1.807, 2.05) is 31.2 Å². The molecule has 1 atom stereocenters. The lowest BCUT2D eigenvalue weighted by atomic mass is 10.2. The summed E-state index contributed by atoms with van der Waals surface area (Å²) in [5.41, 5.74) is 2.33. The summed E-state index contributed by atoms with van der Waals surface area (Å²) in [6.45, 7) is 2.26. The molecule has 0 radical (unpaired) electrons. The summed E-state index contributed by atoms with van der Waals surface area (Å²) in [4.78, 5) is 30.2. The van der Waals surface area contributed by atoms with Crippen LogP contribution in [0.1, 0.15) is 18.0 Å². The first-order chi connectivity index (χ1) is 14.5. The maximum atomic E-state index is 13.2. The van der Waals surface area contributed by atoms with Crippen LogP contribution < -0.4 is 10.9 Å². The van der Waals surface area contributed by atoms with E-state index >= 15 is 0 Å². The van der Waals surface area contributed by atoms with Crippen molar-refractivity contribution in [2.24, 2.45) is 0 Å². The number of fused-ring (bicyclic) bond motifs is 2. The largest absolute Gasteiger partial charge is 0.354 e. The Kier molecular flexibility index (Phi) is 5.89. The highest BCUT2D eigenvalue weighted by molar-refractivity contribution is 7.99. The molecule has 1 amide bonds. The van der Waals surface area contributed by atoms with Gasteiger partial charge in [0.15, 0.2) is 17.1 Å². The highest BCUT2D eigenvalue weighted by atomic mass is 32.2. The first-order valence-corrected chi connectivity index (χ1v) is 10.5. The molecular weight excluding hydrogens is 406 g/mol. The molecule has 3 aromatic rings. The second-order valence-electron chi connectivity index (χ2n) is 7.07. The number of hydrogen-bond acceptors (Lipinski definition) is 7. The van der Waals surface area contributed by atoms with Crippen molar-refractivity contribution < 1.29 is 14.3 Å². The number of benzene rings is 1. The SMILES string of the molecule is COC(CNC(=O)CC1CSc2nc3c(cnn3-c3ccc(C)cc3)c(=O)n21)OC. The fraction of sp³-hybridized carbons (Fsp3) is 0.400. The Morgan fingerprint density at radius 3 is 2.73 bits per heavy atom. The van der Waals surface area contributed by atoms with Gasteiger partial charge in [-0.25, -0.2) is 9.67 Å². The van der Waals surface area contributed by atoms with Crippen LogP contribution in [0.2, 0.25) is 0 Å². The number of rotatable bonds is 7. The Hall–Kier alpha value is -2.69. The molecule has 9 nitrogen and oxygen atoms in total. The molecule has 2 aromatic heterocycles. The second kappa shape index (κ2) is 8.58. The van der Waals surface area contributed by atoms with Crippen molar-refractivity contribution in [2.75, 3.05) is 26.5 Å². The van der Waals surface area contributed by atoms with Crippen molar-refractivity contribution in [1.82, 2.24) is 24.6 Å². The number of carbonyl (C=O) groups is 1. The Balaban J connectivity index is 1.59. The Morgan fingerprint density at radius 1 is 1.30 bits per heavy atom. The van der Waals surface area contributed by atoms with E-state index in [0.717, 1.165) is 11.3 Å². The molecule has 0 saturated heterocycles. The molecule has 1 aliphatic heterocycles. The molecule has 0 fully saturated rings.